The van der Waals surface area contributed by atoms with Gasteiger partial charge in [0, 0.05) is 0 Å². The van der Waals surface area contributed by atoms with Gasteiger partial charge >= 0.3 is 12.1 Å². The lowest BCUT2D eigenvalue weighted by Crippen LogP contribution is -2.61. The van der Waals surface area contributed by atoms with Gasteiger partial charge in [-0.1, -0.05) is 68.4 Å². The number of benzene rings is 2. The second-order valence-corrected chi connectivity index (χ2v) is 6.41. The Morgan fingerprint density at radius 3 is 2.32 bits per heavy atom. The van der Waals surface area contributed by atoms with Crippen LogP contribution in [-0.2, 0) is 20.9 Å². The molecule has 1 aliphatic heterocycles. The van der Waals surface area contributed by atoms with Gasteiger partial charge in [0.25, 0.3) is 0 Å². The summed E-state index contributed by atoms with van der Waals surface area (Å²) in [6, 6.07) is 17.3. The third kappa shape index (κ3) is 3.99. The summed E-state index contributed by atoms with van der Waals surface area (Å²) < 4.78 is 10.2. The van der Waals surface area contributed by atoms with Gasteiger partial charge in [0.15, 0.2) is 6.04 Å². The van der Waals surface area contributed by atoms with E-state index in [9.17, 15) is 9.59 Å². The highest BCUT2D eigenvalue weighted by molar-refractivity contribution is 5.86. The first-order valence-corrected chi connectivity index (χ1v) is 8.33. The van der Waals surface area contributed by atoms with Crippen LogP contribution in [0.15, 0.2) is 54.6 Å². The molecule has 1 N–H and O–H groups in total. The maximum Gasteiger partial charge on any atom is 0.408 e. The minimum Gasteiger partial charge on any atom is -0.458 e. The Morgan fingerprint density at radius 2 is 1.72 bits per heavy atom. The van der Waals surface area contributed by atoms with E-state index in [1.54, 1.807) is 0 Å². The number of carbonyl (C=O) groups excluding carboxylic acids is 2. The molecule has 2 aromatic rings. The molecule has 130 valence electrons. The first-order valence-electron chi connectivity index (χ1n) is 8.33. The Labute approximate surface area is 147 Å². The predicted octanol–water partition coefficient (Wildman–Crippen LogP) is 3.53. The lowest BCUT2D eigenvalue weighted by atomic mass is 9.95. The molecule has 5 nitrogen and oxygen atoms in total. The second kappa shape index (κ2) is 7.38. The number of alkyl carbamates (subject to hydrolysis) is 1. The van der Waals surface area contributed by atoms with Crippen molar-refractivity contribution in [2.75, 3.05) is 0 Å². The zero-order valence-electron chi connectivity index (χ0n) is 14.3. The molecular weight excluding hydrogens is 318 g/mol. The van der Waals surface area contributed by atoms with Gasteiger partial charge in [0.2, 0.25) is 0 Å². The highest BCUT2D eigenvalue weighted by atomic mass is 16.6. The van der Waals surface area contributed by atoms with E-state index in [1.165, 1.54) is 0 Å². The standard InChI is InChI=1S/C20H21NO4/c1-13(2)18-17(19(22)25-18)21-20(23)24-12-14-8-10-16(11-9-14)15-6-4-3-5-7-15/h3-11,13,17-18H,12H2,1-2H3,(H,21,23)/t17-,18+/m1/s1. The molecule has 1 amide bonds. The molecule has 0 saturated carbocycles. The third-order valence-corrected chi connectivity index (χ3v) is 4.20. The Balaban J connectivity index is 1.52. The lowest BCUT2D eigenvalue weighted by molar-refractivity contribution is -0.181. The van der Waals surface area contributed by atoms with Crippen molar-refractivity contribution in [1.82, 2.24) is 5.32 Å². The van der Waals surface area contributed by atoms with Gasteiger partial charge in [-0.05, 0) is 22.6 Å². The van der Waals surface area contributed by atoms with E-state index in [0.29, 0.717) is 0 Å². The van der Waals surface area contributed by atoms with Crippen LogP contribution in [0.1, 0.15) is 19.4 Å². The van der Waals surface area contributed by atoms with E-state index < -0.39 is 18.1 Å². The van der Waals surface area contributed by atoms with Crippen LogP contribution in [0.25, 0.3) is 11.1 Å². The molecule has 3 rings (SSSR count). The normalized spacial score (nSPS) is 19.1. The number of ether oxygens (including phenoxy) is 2. The fourth-order valence-electron chi connectivity index (χ4n) is 2.74. The Hall–Kier alpha value is -2.82. The van der Waals surface area contributed by atoms with E-state index in [0.717, 1.165) is 16.7 Å². The van der Waals surface area contributed by atoms with Gasteiger partial charge in [0.05, 0.1) is 0 Å². The fourth-order valence-corrected chi connectivity index (χ4v) is 2.74. The van der Waals surface area contributed by atoms with Gasteiger partial charge in [-0.15, -0.1) is 0 Å². The Morgan fingerprint density at radius 1 is 1.08 bits per heavy atom. The summed E-state index contributed by atoms with van der Waals surface area (Å²) in [6.07, 6.45) is -0.898. The van der Waals surface area contributed by atoms with Gasteiger partial charge in [-0.3, -0.25) is 0 Å². The van der Waals surface area contributed by atoms with Gasteiger partial charge in [-0.2, -0.15) is 0 Å². The number of esters is 1. The van der Waals surface area contributed by atoms with Crippen molar-refractivity contribution >= 4 is 12.1 Å². The maximum absolute atomic E-state index is 11.9. The first-order chi connectivity index (χ1) is 12.0. The Kier molecular flexibility index (Phi) is 5.03. The van der Waals surface area contributed by atoms with Gasteiger partial charge in [-0.25, -0.2) is 9.59 Å². The van der Waals surface area contributed by atoms with Crippen molar-refractivity contribution in [3.05, 3.63) is 60.2 Å². The third-order valence-electron chi connectivity index (χ3n) is 4.20. The summed E-state index contributed by atoms with van der Waals surface area (Å²) in [5.41, 5.74) is 3.12. The van der Waals surface area contributed by atoms with E-state index in [4.69, 9.17) is 9.47 Å². The SMILES string of the molecule is CC(C)[C@@H]1OC(=O)[C@@H]1NC(=O)OCc1ccc(-c2ccccc2)cc1. The summed E-state index contributed by atoms with van der Waals surface area (Å²) >= 11 is 0. The smallest absolute Gasteiger partial charge is 0.408 e. The van der Waals surface area contributed by atoms with Crippen LogP contribution in [0.5, 0.6) is 0 Å². The van der Waals surface area contributed by atoms with Crippen LogP contribution in [0.3, 0.4) is 0 Å². The van der Waals surface area contributed by atoms with Crippen molar-refractivity contribution in [3.8, 4) is 11.1 Å². The monoisotopic (exact) mass is 339 g/mol. The van der Waals surface area contributed by atoms with E-state index >= 15 is 0 Å². The molecule has 5 heteroatoms. The molecular formula is C20H21NO4. The van der Waals surface area contributed by atoms with E-state index in [1.807, 2.05) is 68.4 Å². The molecule has 0 aromatic heterocycles. The number of cyclic esters (lactones) is 1. The zero-order chi connectivity index (χ0) is 17.8. The molecule has 1 fully saturated rings. The number of nitrogens with one attached hydrogen (secondary N) is 1. The van der Waals surface area contributed by atoms with Crippen molar-refractivity contribution in [2.45, 2.75) is 32.6 Å². The first kappa shape index (κ1) is 17.0. The molecule has 2 aromatic carbocycles. The molecule has 1 saturated heterocycles. The molecule has 0 unspecified atom stereocenters. The summed E-state index contributed by atoms with van der Waals surface area (Å²) in [5.74, 6) is -0.267. The summed E-state index contributed by atoms with van der Waals surface area (Å²) in [7, 11) is 0. The maximum atomic E-state index is 11.9. The molecule has 0 radical (unpaired) electrons. The van der Waals surface area contributed by atoms with Gasteiger partial charge < -0.3 is 14.8 Å². The number of carbonyl (C=O) groups is 2. The molecule has 0 spiro atoms. The van der Waals surface area contributed by atoms with Gasteiger partial charge in [0.1, 0.15) is 12.7 Å². The van der Waals surface area contributed by atoms with Crippen LogP contribution >= 0.6 is 0 Å². The second-order valence-electron chi connectivity index (χ2n) is 6.41. The molecule has 0 bridgehead atoms. The van der Waals surface area contributed by atoms with Crippen LogP contribution in [0.4, 0.5) is 4.79 Å². The van der Waals surface area contributed by atoms with E-state index in [-0.39, 0.29) is 18.6 Å². The zero-order valence-corrected chi connectivity index (χ0v) is 14.3. The summed E-state index contributed by atoms with van der Waals surface area (Å²) in [5, 5.41) is 2.57. The topological polar surface area (TPSA) is 64.6 Å². The van der Waals surface area contributed by atoms with Crippen molar-refractivity contribution in [2.24, 2.45) is 5.92 Å². The lowest BCUT2D eigenvalue weighted by Gasteiger charge is -2.37. The minimum absolute atomic E-state index is 0.147. The van der Waals surface area contributed by atoms with Crippen molar-refractivity contribution in [1.29, 1.82) is 0 Å². The number of hydrogen-bond acceptors (Lipinski definition) is 4. The fraction of sp³-hybridized carbons (Fsp3) is 0.300. The number of rotatable bonds is 5. The predicted molar refractivity (Wildman–Crippen MR) is 93.7 cm³/mol. The minimum atomic E-state index is -0.618. The Bertz CT molecular complexity index is 740. The average molecular weight is 339 g/mol. The summed E-state index contributed by atoms with van der Waals surface area (Å²) in [6.45, 7) is 4.02. The highest BCUT2D eigenvalue weighted by Crippen LogP contribution is 2.22. The molecule has 25 heavy (non-hydrogen) atoms. The molecule has 0 aliphatic carbocycles. The van der Waals surface area contributed by atoms with Crippen LogP contribution in [0, 0.1) is 5.92 Å². The molecule has 1 heterocycles. The van der Waals surface area contributed by atoms with Crippen LogP contribution in [-0.4, -0.2) is 24.2 Å². The van der Waals surface area contributed by atoms with Crippen molar-refractivity contribution < 1.29 is 19.1 Å². The van der Waals surface area contributed by atoms with Crippen LogP contribution < -0.4 is 5.32 Å². The van der Waals surface area contributed by atoms with E-state index in [2.05, 4.69) is 5.32 Å². The average Bonchev–Trinajstić information content (AvgIpc) is 2.63. The van der Waals surface area contributed by atoms with Crippen LogP contribution in [0.2, 0.25) is 0 Å². The molecule has 1 aliphatic rings. The van der Waals surface area contributed by atoms with Crippen molar-refractivity contribution in [3.63, 3.8) is 0 Å². The highest BCUT2D eigenvalue weighted by Gasteiger charge is 2.45. The molecule has 2 atom stereocenters. The number of hydrogen-bond donors (Lipinski definition) is 1. The number of amides is 1. The summed E-state index contributed by atoms with van der Waals surface area (Å²) in [4.78, 5) is 23.3. The quantitative estimate of drug-likeness (QED) is 0.847. The largest absolute Gasteiger partial charge is 0.458 e.